The van der Waals surface area contributed by atoms with Gasteiger partial charge in [0.05, 0.1) is 0 Å². The molecule has 3 aliphatic rings. The molecule has 7 heteroatoms. The molecule has 2 aromatic carbocycles. The van der Waals surface area contributed by atoms with Crippen molar-refractivity contribution < 1.29 is 18.7 Å². The largest absolute Gasteiger partial charge is 0.465 e. The van der Waals surface area contributed by atoms with E-state index in [4.69, 9.17) is 0 Å². The minimum Gasteiger partial charge on any atom is -0.465 e. The van der Waals surface area contributed by atoms with Crippen molar-refractivity contribution in [1.82, 2.24) is 14.7 Å². The number of carbonyl (C=O) groups is 1. The maximum atomic E-state index is 13.8. The van der Waals surface area contributed by atoms with Crippen molar-refractivity contribution in [3.8, 4) is 0 Å². The third-order valence-electron chi connectivity index (χ3n) is 8.77. The van der Waals surface area contributed by atoms with Gasteiger partial charge in [0.25, 0.3) is 0 Å². The maximum Gasteiger partial charge on any atom is 0.407 e. The number of piperidine rings is 1. The lowest BCUT2D eigenvalue weighted by Gasteiger charge is -2.58. The SMILES string of the molecule is CC(C)c1ccccc1C1CN(Cc2ccc(F)c(F)c2)CCN1C1CC2(CCN(C(=O)O)CC2)C1. The minimum atomic E-state index is -0.805. The third-order valence-corrected chi connectivity index (χ3v) is 8.77. The van der Waals surface area contributed by atoms with E-state index in [2.05, 4.69) is 47.9 Å². The highest BCUT2D eigenvalue weighted by atomic mass is 19.2. The molecule has 0 bridgehead atoms. The number of halogens is 2. The molecule has 1 N–H and O–H groups in total. The van der Waals surface area contributed by atoms with Crippen LogP contribution in [0.1, 0.15) is 68.2 Å². The Morgan fingerprint density at radius 1 is 1.03 bits per heavy atom. The van der Waals surface area contributed by atoms with Crippen LogP contribution in [0.3, 0.4) is 0 Å². The Kier molecular flexibility index (Phi) is 7.05. The van der Waals surface area contributed by atoms with Crippen LogP contribution in [0.5, 0.6) is 0 Å². The molecule has 2 aliphatic heterocycles. The molecule has 1 spiro atoms. The second kappa shape index (κ2) is 10.1. The number of carboxylic acid groups (broad SMARTS) is 1. The van der Waals surface area contributed by atoms with Crippen LogP contribution < -0.4 is 0 Å². The molecule has 194 valence electrons. The zero-order valence-electron chi connectivity index (χ0n) is 21.3. The maximum absolute atomic E-state index is 13.8. The van der Waals surface area contributed by atoms with Crippen molar-refractivity contribution in [3.05, 3.63) is 70.8 Å². The lowest BCUT2D eigenvalue weighted by atomic mass is 9.59. The van der Waals surface area contributed by atoms with Crippen molar-refractivity contribution in [2.24, 2.45) is 5.41 Å². The second-order valence-electron chi connectivity index (χ2n) is 11.4. The quantitative estimate of drug-likeness (QED) is 0.561. The summed E-state index contributed by atoms with van der Waals surface area (Å²) in [7, 11) is 0. The van der Waals surface area contributed by atoms with Gasteiger partial charge in [-0.2, -0.15) is 0 Å². The molecular weight excluding hydrogens is 460 g/mol. The van der Waals surface area contributed by atoms with Crippen LogP contribution in [0.2, 0.25) is 0 Å². The number of benzene rings is 2. The van der Waals surface area contributed by atoms with E-state index in [-0.39, 0.29) is 11.5 Å². The van der Waals surface area contributed by atoms with Gasteiger partial charge in [-0.3, -0.25) is 9.80 Å². The predicted octanol–water partition coefficient (Wildman–Crippen LogP) is 5.87. The Morgan fingerprint density at radius 3 is 2.42 bits per heavy atom. The molecule has 36 heavy (non-hydrogen) atoms. The smallest absolute Gasteiger partial charge is 0.407 e. The Morgan fingerprint density at radius 2 is 1.75 bits per heavy atom. The lowest BCUT2D eigenvalue weighted by Crippen LogP contribution is -2.60. The second-order valence-corrected chi connectivity index (χ2v) is 11.4. The number of piperazine rings is 1. The molecule has 3 fully saturated rings. The van der Waals surface area contributed by atoms with Crippen molar-refractivity contribution in [1.29, 1.82) is 0 Å². The van der Waals surface area contributed by atoms with Crippen molar-refractivity contribution >= 4 is 6.09 Å². The van der Waals surface area contributed by atoms with Gasteiger partial charge in [-0.15, -0.1) is 0 Å². The highest BCUT2D eigenvalue weighted by molar-refractivity contribution is 5.65. The Bertz CT molecular complexity index is 1090. The fraction of sp³-hybridized carbons (Fsp3) is 0.552. The molecule has 1 saturated carbocycles. The van der Waals surface area contributed by atoms with Crippen LogP contribution in [0.4, 0.5) is 13.6 Å². The number of hydrogen-bond acceptors (Lipinski definition) is 3. The van der Waals surface area contributed by atoms with Crippen LogP contribution in [0.25, 0.3) is 0 Å². The Labute approximate surface area is 212 Å². The van der Waals surface area contributed by atoms with E-state index in [1.165, 1.54) is 23.3 Å². The zero-order chi connectivity index (χ0) is 25.4. The summed E-state index contributed by atoms with van der Waals surface area (Å²) >= 11 is 0. The minimum absolute atomic E-state index is 0.240. The number of hydrogen-bond donors (Lipinski definition) is 1. The van der Waals surface area contributed by atoms with E-state index in [1.54, 1.807) is 11.0 Å². The van der Waals surface area contributed by atoms with E-state index in [9.17, 15) is 18.7 Å². The van der Waals surface area contributed by atoms with Crippen molar-refractivity contribution in [3.63, 3.8) is 0 Å². The summed E-state index contributed by atoms with van der Waals surface area (Å²) in [6.07, 6.45) is 3.37. The Balaban J connectivity index is 1.33. The summed E-state index contributed by atoms with van der Waals surface area (Å²) in [5.74, 6) is -1.18. The van der Waals surface area contributed by atoms with Gasteiger partial charge in [-0.1, -0.05) is 44.2 Å². The molecule has 0 radical (unpaired) electrons. The van der Waals surface area contributed by atoms with Gasteiger partial charge in [0.15, 0.2) is 11.6 Å². The van der Waals surface area contributed by atoms with Crippen molar-refractivity contribution in [2.45, 2.75) is 64.1 Å². The van der Waals surface area contributed by atoms with Gasteiger partial charge in [0, 0.05) is 51.4 Å². The number of nitrogens with zero attached hydrogens (tertiary/aromatic N) is 3. The topological polar surface area (TPSA) is 47.0 Å². The molecule has 1 amide bonds. The Hall–Kier alpha value is -2.51. The summed E-state index contributed by atoms with van der Waals surface area (Å²) in [6.45, 7) is 9.02. The molecule has 1 atom stereocenters. The first kappa shape index (κ1) is 25.2. The molecule has 1 unspecified atom stereocenters. The van der Waals surface area contributed by atoms with Crippen LogP contribution in [0.15, 0.2) is 42.5 Å². The van der Waals surface area contributed by atoms with E-state index >= 15 is 0 Å². The first-order chi connectivity index (χ1) is 17.2. The van der Waals surface area contributed by atoms with E-state index in [0.717, 1.165) is 50.9 Å². The predicted molar refractivity (Wildman–Crippen MR) is 136 cm³/mol. The molecule has 5 rings (SSSR count). The average Bonchev–Trinajstić information content (AvgIpc) is 2.85. The average molecular weight is 498 g/mol. The monoisotopic (exact) mass is 497 g/mol. The van der Waals surface area contributed by atoms with Crippen LogP contribution >= 0.6 is 0 Å². The summed E-state index contributed by atoms with van der Waals surface area (Å²) < 4.78 is 27.3. The fourth-order valence-electron chi connectivity index (χ4n) is 6.70. The van der Waals surface area contributed by atoms with E-state index in [1.807, 2.05) is 0 Å². The van der Waals surface area contributed by atoms with E-state index in [0.29, 0.717) is 31.6 Å². The summed E-state index contributed by atoms with van der Waals surface area (Å²) in [5, 5.41) is 9.32. The van der Waals surface area contributed by atoms with Crippen LogP contribution in [-0.2, 0) is 6.54 Å². The van der Waals surface area contributed by atoms with E-state index < -0.39 is 17.7 Å². The summed E-state index contributed by atoms with van der Waals surface area (Å²) in [5.41, 5.74) is 3.81. The van der Waals surface area contributed by atoms with Crippen LogP contribution in [0, 0.1) is 17.0 Å². The van der Waals surface area contributed by atoms with Gasteiger partial charge in [0.1, 0.15) is 0 Å². The number of rotatable bonds is 5. The van der Waals surface area contributed by atoms with Crippen LogP contribution in [-0.4, -0.2) is 64.7 Å². The molecule has 1 aliphatic carbocycles. The standard InChI is InChI=1S/C29H37F2N3O2/c1-20(2)23-5-3-4-6-24(23)27-19-32(18-21-7-8-25(30)26(31)15-21)13-14-34(27)22-16-29(17-22)9-11-33(12-10-29)28(35)36/h3-8,15,20,22,27H,9-14,16-19H2,1-2H3,(H,35,36). The molecule has 0 aromatic heterocycles. The first-order valence-corrected chi connectivity index (χ1v) is 13.2. The fourth-order valence-corrected chi connectivity index (χ4v) is 6.70. The number of likely N-dealkylation sites (tertiary alicyclic amines) is 1. The van der Waals surface area contributed by atoms with Gasteiger partial charge >= 0.3 is 6.09 Å². The molecule has 2 aromatic rings. The van der Waals surface area contributed by atoms with Crippen molar-refractivity contribution in [2.75, 3.05) is 32.7 Å². The van der Waals surface area contributed by atoms with Gasteiger partial charge in [-0.05, 0) is 65.8 Å². The molecule has 2 saturated heterocycles. The lowest BCUT2D eigenvalue weighted by molar-refractivity contribution is -0.0749. The number of amides is 1. The van der Waals surface area contributed by atoms with Gasteiger partial charge in [-0.25, -0.2) is 13.6 Å². The highest BCUT2D eigenvalue weighted by Gasteiger charge is 2.50. The summed E-state index contributed by atoms with van der Waals surface area (Å²) in [6, 6.07) is 13.7. The van der Waals surface area contributed by atoms with Gasteiger partial charge in [0.2, 0.25) is 0 Å². The van der Waals surface area contributed by atoms with Gasteiger partial charge < -0.3 is 10.0 Å². The normalized spacial score (nSPS) is 23.2. The highest BCUT2D eigenvalue weighted by Crippen LogP contribution is 2.53. The first-order valence-electron chi connectivity index (χ1n) is 13.2. The molecular formula is C29H37F2N3O2. The summed E-state index contributed by atoms with van der Waals surface area (Å²) in [4.78, 5) is 17.9. The molecule has 2 heterocycles. The zero-order valence-corrected chi connectivity index (χ0v) is 21.3. The molecule has 5 nitrogen and oxygen atoms in total. The third kappa shape index (κ3) is 5.00.